The Hall–Kier alpha value is -1.63. The maximum Gasteiger partial charge on any atom is 0.325 e. The van der Waals surface area contributed by atoms with Crippen molar-refractivity contribution < 1.29 is 14.4 Å². The minimum Gasteiger partial charge on any atom is -0.339 e. The molecule has 7 nitrogen and oxygen atoms in total. The number of nitrogens with zero attached hydrogens (tertiary/aromatic N) is 2. The SMILES string of the molecule is CC(C)(C)C1CCC2(CC1)NC(=O)N(CC(=O)N1CCNCC1)C2=O. The minimum atomic E-state index is -0.789. The first-order valence-electron chi connectivity index (χ1n) is 9.35. The molecule has 1 saturated carbocycles. The van der Waals surface area contributed by atoms with Crippen LogP contribution in [0, 0.1) is 11.3 Å². The van der Waals surface area contributed by atoms with Crippen LogP contribution in [0.5, 0.6) is 0 Å². The zero-order chi connectivity index (χ0) is 18.2. The lowest BCUT2D eigenvalue weighted by molar-refractivity contribution is -0.140. The van der Waals surface area contributed by atoms with E-state index >= 15 is 0 Å². The molecule has 0 radical (unpaired) electrons. The van der Waals surface area contributed by atoms with Crippen molar-refractivity contribution in [3.63, 3.8) is 0 Å². The van der Waals surface area contributed by atoms with E-state index in [9.17, 15) is 14.4 Å². The number of carbonyl (C=O) groups excluding carboxylic acids is 3. The summed E-state index contributed by atoms with van der Waals surface area (Å²) in [5.41, 5.74) is -0.576. The first kappa shape index (κ1) is 18.2. The third kappa shape index (κ3) is 3.52. The third-order valence-corrected chi connectivity index (χ3v) is 6.07. The molecule has 0 aromatic carbocycles. The Morgan fingerprint density at radius 1 is 1.16 bits per heavy atom. The van der Waals surface area contributed by atoms with E-state index in [1.807, 2.05) is 0 Å². The second kappa shape index (κ2) is 6.59. The van der Waals surface area contributed by atoms with Crippen LogP contribution in [-0.4, -0.2) is 65.9 Å². The first-order chi connectivity index (χ1) is 11.7. The van der Waals surface area contributed by atoms with Gasteiger partial charge >= 0.3 is 6.03 Å². The van der Waals surface area contributed by atoms with E-state index < -0.39 is 11.6 Å². The highest BCUT2D eigenvalue weighted by Gasteiger charge is 2.53. The number of rotatable bonds is 2. The average Bonchev–Trinajstić information content (AvgIpc) is 2.79. The summed E-state index contributed by atoms with van der Waals surface area (Å²) in [7, 11) is 0. The number of hydrogen-bond donors (Lipinski definition) is 2. The van der Waals surface area contributed by atoms with Crippen molar-refractivity contribution in [1.82, 2.24) is 20.4 Å². The number of urea groups is 1. The Labute approximate surface area is 149 Å². The van der Waals surface area contributed by atoms with Crippen LogP contribution in [0.3, 0.4) is 0 Å². The van der Waals surface area contributed by atoms with E-state index in [0.717, 1.165) is 30.8 Å². The fourth-order valence-electron chi connectivity index (χ4n) is 4.28. The van der Waals surface area contributed by atoms with Gasteiger partial charge in [-0.2, -0.15) is 0 Å². The predicted molar refractivity (Wildman–Crippen MR) is 93.8 cm³/mol. The molecule has 140 valence electrons. The van der Waals surface area contributed by atoms with E-state index in [2.05, 4.69) is 31.4 Å². The molecule has 4 amide bonds. The Balaban J connectivity index is 1.63. The first-order valence-corrected chi connectivity index (χ1v) is 9.35. The van der Waals surface area contributed by atoms with Crippen LogP contribution < -0.4 is 10.6 Å². The third-order valence-electron chi connectivity index (χ3n) is 6.07. The monoisotopic (exact) mass is 350 g/mol. The summed E-state index contributed by atoms with van der Waals surface area (Å²) in [4.78, 5) is 40.6. The van der Waals surface area contributed by atoms with Gasteiger partial charge in [0.2, 0.25) is 5.91 Å². The second-order valence-corrected chi connectivity index (χ2v) is 8.67. The van der Waals surface area contributed by atoms with Crippen molar-refractivity contribution in [2.24, 2.45) is 11.3 Å². The van der Waals surface area contributed by atoms with Crippen molar-refractivity contribution in [3.05, 3.63) is 0 Å². The van der Waals surface area contributed by atoms with E-state index in [1.165, 1.54) is 0 Å². The summed E-state index contributed by atoms with van der Waals surface area (Å²) < 4.78 is 0. The predicted octanol–water partition coefficient (Wildman–Crippen LogP) is 0.945. The normalized spacial score (nSPS) is 30.8. The maximum absolute atomic E-state index is 12.9. The lowest BCUT2D eigenvalue weighted by atomic mass is 9.67. The minimum absolute atomic E-state index is 0.144. The molecule has 7 heteroatoms. The molecule has 3 fully saturated rings. The summed E-state index contributed by atoms with van der Waals surface area (Å²) in [6, 6.07) is -0.414. The van der Waals surface area contributed by atoms with E-state index in [-0.39, 0.29) is 23.8 Å². The standard InChI is InChI=1S/C18H30N4O3/c1-17(2,3)13-4-6-18(7-5-13)15(24)22(16(25)20-18)12-14(23)21-10-8-19-9-11-21/h13,19H,4-12H2,1-3H3,(H,20,25). The van der Waals surface area contributed by atoms with Gasteiger partial charge in [-0.05, 0) is 37.0 Å². The smallest absolute Gasteiger partial charge is 0.325 e. The van der Waals surface area contributed by atoms with Gasteiger partial charge in [0.05, 0.1) is 0 Å². The molecule has 0 aromatic heterocycles. The number of carbonyl (C=O) groups is 3. The van der Waals surface area contributed by atoms with Gasteiger partial charge in [0.15, 0.2) is 0 Å². The van der Waals surface area contributed by atoms with Gasteiger partial charge in [0.25, 0.3) is 5.91 Å². The molecular weight excluding hydrogens is 320 g/mol. The highest BCUT2D eigenvalue weighted by molar-refractivity contribution is 6.09. The Morgan fingerprint density at radius 2 is 1.76 bits per heavy atom. The van der Waals surface area contributed by atoms with Crippen LogP contribution in [-0.2, 0) is 9.59 Å². The molecule has 2 heterocycles. The number of imide groups is 1. The van der Waals surface area contributed by atoms with Crippen LogP contribution in [0.25, 0.3) is 0 Å². The topological polar surface area (TPSA) is 81.8 Å². The number of hydrogen-bond acceptors (Lipinski definition) is 4. The second-order valence-electron chi connectivity index (χ2n) is 8.67. The Kier molecular flexibility index (Phi) is 4.79. The largest absolute Gasteiger partial charge is 0.339 e. The van der Waals surface area contributed by atoms with Crippen LogP contribution >= 0.6 is 0 Å². The molecule has 0 atom stereocenters. The van der Waals surface area contributed by atoms with Crippen LogP contribution in [0.2, 0.25) is 0 Å². The summed E-state index contributed by atoms with van der Waals surface area (Å²) >= 11 is 0. The quantitative estimate of drug-likeness (QED) is 0.727. The van der Waals surface area contributed by atoms with Crippen molar-refractivity contribution in [3.8, 4) is 0 Å². The van der Waals surface area contributed by atoms with Crippen molar-refractivity contribution in [2.75, 3.05) is 32.7 Å². The van der Waals surface area contributed by atoms with Gasteiger partial charge in [0, 0.05) is 26.2 Å². The fourth-order valence-corrected chi connectivity index (χ4v) is 4.28. The maximum atomic E-state index is 12.9. The van der Waals surface area contributed by atoms with E-state index in [4.69, 9.17) is 0 Å². The average molecular weight is 350 g/mol. The molecule has 1 aliphatic carbocycles. The zero-order valence-electron chi connectivity index (χ0n) is 15.6. The van der Waals surface area contributed by atoms with Crippen molar-refractivity contribution in [2.45, 2.75) is 52.0 Å². The number of amides is 4. The molecule has 3 rings (SSSR count). The summed E-state index contributed by atoms with van der Waals surface area (Å²) in [5.74, 6) is 0.193. The molecular formula is C18H30N4O3. The molecule has 0 aromatic rings. The molecule has 2 saturated heterocycles. The van der Waals surface area contributed by atoms with Crippen LogP contribution in [0.1, 0.15) is 46.5 Å². The highest BCUT2D eigenvalue weighted by atomic mass is 16.2. The molecule has 25 heavy (non-hydrogen) atoms. The van der Waals surface area contributed by atoms with Gasteiger partial charge in [-0.1, -0.05) is 20.8 Å². The number of piperazine rings is 1. The highest BCUT2D eigenvalue weighted by Crippen LogP contribution is 2.43. The van der Waals surface area contributed by atoms with Gasteiger partial charge in [-0.25, -0.2) is 4.79 Å². The van der Waals surface area contributed by atoms with Crippen molar-refractivity contribution in [1.29, 1.82) is 0 Å². The zero-order valence-corrected chi connectivity index (χ0v) is 15.6. The van der Waals surface area contributed by atoms with Crippen LogP contribution in [0.15, 0.2) is 0 Å². The summed E-state index contributed by atoms with van der Waals surface area (Å²) in [5, 5.41) is 6.09. The van der Waals surface area contributed by atoms with E-state index in [1.54, 1.807) is 4.90 Å². The van der Waals surface area contributed by atoms with Gasteiger partial charge in [0.1, 0.15) is 12.1 Å². The molecule has 1 spiro atoms. The molecule has 2 N–H and O–H groups in total. The molecule has 0 bridgehead atoms. The lowest BCUT2D eigenvalue weighted by Gasteiger charge is -2.40. The van der Waals surface area contributed by atoms with Crippen molar-refractivity contribution >= 4 is 17.8 Å². The Bertz CT molecular complexity index is 555. The number of nitrogens with one attached hydrogen (secondary N) is 2. The fraction of sp³-hybridized carbons (Fsp3) is 0.833. The lowest BCUT2D eigenvalue weighted by Crippen LogP contribution is -2.52. The van der Waals surface area contributed by atoms with Gasteiger partial charge < -0.3 is 15.5 Å². The van der Waals surface area contributed by atoms with Gasteiger partial charge in [-0.3, -0.25) is 14.5 Å². The summed E-state index contributed by atoms with van der Waals surface area (Å²) in [6.07, 6.45) is 3.18. The van der Waals surface area contributed by atoms with Crippen LogP contribution in [0.4, 0.5) is 4.79 Å². The molecule has 3 aliphatic rings. The molecule has 2 aliphatic heterocycles. The summed E-state index contributed by atoms with van der Waals surface area (Å²) in [6.45, 7) is 9.29. The molecule has 0 unspecified atom stereocenters. The van der Waals surface area contributed by atoms with E-state index in [0.29, 0.717) is 31.8 Å². The van der Waals surface area contributed by atoms with Gasteiger partial charge in [-0.15, -0.1) is 0 Å². The Morgan fingerprint density at radius 3 is 2.32 bits per heavy atom.